The molecule has 0 saturated heterocycles. The van der Waals surface area contributed by atoms with Crippen molar-refractivity contribution in [1.82, 2.24) is 5.43 Å². The summed E-state index contributed by atoms with van der Waals surface area (Å²) < 4.78 is 11.4. The summed E-state index contributed by atoms with van der Waals surface area (Å²) in [6.45, 7) is 1.99. The summed E-state index contributed by atoms with van der Waals surface area (Å²) in [6.07, 6.45) is 2.51. The third-order valence-corrected chi connectivity index (χ3v) is 4.02. The van der Waals surface area contributed by atoms with E-state index in [1.54, 1.807) is 13.3 Å². The molecule has 0 aromatic heterocycles. The number of hydrogen-bond donors (Lipinski definition) is 1. The molecule has 0 aliphatic rings. The van der Waals surface area contributed by atoms with Crippen molar-refractivity contribution in [3.63, 3.8) is 0 Å². The lowest BCUT2D eigenvalue weighted by atomic mass is 10.2. The fraction of sp³-hybridized carbons (Fsp3) is 0.222. The number of rotatable bonds is 7. The Hall–Kier alpha value is -2.34. The summed E-state index contributed by atoms with van der Waals surface area (Å²) >= 11 is 3.42. The van der Waals surface area contributed by atoms with Gasteiger partial charge in [-0.25, -0.2) is 5.43 Å². The number of carbonyl (C=O) groups is 1. The Labute approximate surface area is 149 Å². The first-order valence-corrected chi connectivity index (χ1v) is 8.29. The predicted molar refractivity (Wildman–Crippen MR) is 97.7 cm³/mol. The molecule has 0 spiro atoms. The lowest BCUT2D eigenvalue weighted by Gasteiger charge is -2.06. The van der Waals surface area contributed by atoms with Crippen LogP contribution in [0.4, 0.5) is 0 Å². The van der Waals surface area contributed by atoms with Crippen molar-refractivity contribution in [3.8, 4) is 11.5 Å². The first kappa shape index (κ1) is 18.0. The number of carbonyl (C=O) groups excluding carboxylic acids is 1. The molecule has 0 atom stereocenters. The Bertz CT molecular complexity index is 715. The maximum Gasteiger partial charge on any atom is 0.277 e. The van der Waals surface area contributed by atoms with Crippen LogP contribution >= 0.6 is 15.9 Å². The summed E-state index contributed by atoms with van der Waals surface area (Å²) in [5.74, 6) is 1.04. The van der Waals surface area contributed by atoms with Crippen LogP contribution in [0.25, 0.3) is 0 Å². The summed E-state index contributed by atoms with van der Waals surface area (Å²) in [4.78, 5) is 11.8. The van der Waals surface area contributed by atoms with E-state index < -0.39 is 0 Å². The molecule has 5 nitrogen and oxygen atoms in total. The van der Waals surface area contributed by atoms with E-state index in [1.165, 1.54) is 5.56 Å². The van der Waals surface area contributed by atoms with Crippen molar-refractivity contribution in [2.24, 2.45) is 5.10 Å². The Morgan fingerprint density at radius 3 is 2.58 bits per heavy atom. The second-order valence-electron chi connectivity index (χ2n) is 4.97. The van der Waals surface area contributed by atoms with Crippen molar-refractivity contribution in [3.05, 3.63) is 58.1 Å². The maximum absolute atomic E-state index is 11.8. The molecule has 0 unspecified atom stereocenters. The first-order chi connectivity index (χ1) is 11.6. The van der Waals surface area contributed by atoms with Gasteiger partial charge in [-0.3, -0.25) is 4.79 Å². The zero-order valence-electron chi connectivity index (χ0n) is 13.6. The van der Waals surface area contributed by atoms with Crippen LogP contribution in [0, 0.1) is 0 Å². The average molecular weight is 391 g/mol. The largest absolute Gasteiger partial charge is 0.497 e. The third-order valence-electron chi connectivity index (χ3n) is 3.30. The number of hydrogen-bond acceptors (Lipinski definition) is 4. The van der Waals surface area contributed by atoms with E-state index in [0.29, 0.717) is 11.5 Å². The normalized spacial score (nSPS) is 10.6. The van der Waals surface area contributed by atoms with Gasteiger partial charge in [-0.05, 0) is 42.3 Å². The number of nitrogens with zero attached hydrogens (tertiary/aromatic N) is 1. The fourth-order valence-corrected chi connectivity index (χ4v) is 2.27. The molecule has 1 N–H and O–H groups in total. The van der Waals surface area contributed by atoms with Gasteiger partial charge in [0.25, 0.3) is 5.91 Å². The van der Waals surface area contributed by atoms with E-state index in [1.807, 2.05) is 42.5 Å². The molecule has 2 aromatic carbocycles. The van der Waals surface area contributed by atoms with Crippen molar-refractivity contribution in [1.29, 1.82) is 0 Å². The van der Waals surface area contributed by atoms with Crippen molar-refractivity contribution in [2.45, 2.75) is 13.3 Å². The number of hydrazone groups is 1. The molecule has 0 radical (unpaired) electrons. The van der Waals surface area contributed by atoms with Gasteiger partial charge in [0.05, 0.1) is 13.3 Å². The lowest BCUT2D eigenvalue weighted by Crippen LogP contribution is -2.24. The van der Waals surface area contributed by atoms with E-state index in [4.69, 9.17) is 9.47 Å². The van der Waals surface area contributed by atoms with Gasteiger partial charge in [-0.15, -0.1) is 0 Å². The minimum absolute atomic E-state index is 0.0951. The minimum atomic E-state index is -0.329. The van der Waals surface area contributed by atoms with Crippen LogP contribution in [0.5, 0.6) is 11.5 Å². The number of amides is 1. The molecule has 0 saturated carbocycles. The topological polar surface area (TPSA) is 59.9 Å². The number of halogens is 1. The van der Waals surface area contributed by atoms with E-state index in [-0.39, 0.29) is 12.5 Å². The predicted octanol–water partition coefficient (Wildman–Crippen LogP) is 3.55. The van der Waals surface area contributed by atoms with Gasteiger partial charge in [0.1, 0.15) is 11.5 Å². The SMILES string of the molecule is CCc1ccc(OCC(=O)N/N=C\c2cc(OC)ccc2Br)cc1. The molecule has 2 aromatic rings. The summed E-state index contributed by atoms with van der Waals surface area (Å²) in [5, 5.41) is 3.93. The molecule has 0 aliphatic carbocycles. The van der Waals surface area contributed by atoms with Gasteiger partial charge in [-0.2, -0.15) is 5.10 Å². The van der Waals surface area contributed by atoms with Gasteiger partial charge >= 0.3 is 0 Å². The number of methoxy groups -OCH3 is 1. The standard InChI is InChI=1S/C18H19BrN2O3/c1-3-13-4-6-15(7-5-13)24-12-18(22)21-20-11-14-10-16(23-2)8-9-17(14)19/h4-11H,3,12H2,1-2H3,(H,21,22)/b20-11-. The first-order valence-electron chi connectivity index (χ1n) is 7.49. The van der Waals surface area contributed by atoms with Gasteiger partial charge in [0, 0.05) is 10.0 Å². The molecular formula is C18H19BrN2O3. The van der Waals surface area contributed by atoms with Crippen molar-refractivity contribution < 1.29 is 14.3 Å². The van der Waals surface area contributed by atoms with Crippen LogP contribution < -0.4 is 14.9 Å². The van der Waals surface area contributed by atoms with Gasteiger partial charge in [0.15, 0.2) is 6.61 Å². The van der Waals surface area contributed by atoms with Gasteiger partial charge < -0.3 is 9.47 Å². The quantitative estimate of drug-likeness (QED) is 0.580. The van der Waals surface area contributed by atoms with Crippen molar-refractivity contribution >= 4 is 28.1 Å². The minimum Gasteiger partial charge on any atom is -0.497 e. The summed E-state index contributed by atoms with van der Waals surface area (Å²) in [7, 11) is 1.59. The van der Waals surface area contributed by atoms with Crippen LogP contribution in [-0.4, -0.2) is 25.8 Å². The summed E-state index contributed by atoms with van der Waals surface area (Å²) in [6, 6.07) is 13.1. The molecule has 2 rings (SSSR count). The molecule has 24 heavy (non-hydrogen) atoms. The van der Waals surface area contributed by atoms with E-state index in [0.717, 1.165) is 16.5 Å². The van der Waals surface area contributed by atoms with E-state index in [9.17, 15) is 4.79 Å². The number of aryl methyl sites for hydroxylation is 1. The van der Waals surface area contributed by atoms with Crippen molar-refractivity contribution in [2.75, 3.05) is 13.7 Å². The Kier molecular flexibility index (Phi) is 6.81. The molecule has 0 aliphatic heterocycles. The Morgan fingerprint density at radius 1 is 1.21 bits per heavy atom. The van der Waals surface area contributed by atoms with Crippen LogP contribution in [0.3, 0.4) is 0 Å². The molecule has 126 valence electrons. The Balaban J connectivity index is 1.84. The second kappa shape index (κ2) is 9.08. The lowest BCUT2D eigenvalue weighted by molar-refractivity contribution is -0.123. The van der Waals surface area contributed by atoms with Gasteiger partial charge in [-0.1, -0.05) is 35.0 Å². The zero-order valence-corrected chi connectivity index (χ0v) is 15.2. The van der Waals surface area contributed by atoms with E-state index in [2.05, 4.69) is 33.4 Å². The number of ether oxygens (including phenoxy) is 2. The Morgan fingerprint density at radius 2 is 1.92 bits per heavy atom. The fourth-order valence-electron chi connectivity index (χ4n) is 1.92. The molecule has 0 fully saturated rings. The van der Waals surface area contributed by atoms with Crippen LogP contribution in [0.15, 0.2) is 52.0 Å². The average Bonchev–Trinajstić information content (AvgIpc) is 2.62. The van der Waals surface area contributed by atoms with Gasteiger partial charge in [0.2, 0.25) is 0 Å². The smallest absolute Gasteiger partial charge is 0.277 e. The number of benzene rings is 2. The maximum atomic E-state index is 11.8. The molecule has 0 heterocycles. The molecule has 1 amide bonds. The monoisotopic (exact) mass is 390 g/mol. The highest BCUT2D eigenvalue weighted by atomic mass is 79.9. The second-order valence-corrected chi connectivity index (χ2v) is 5.82. The highest BCUT2D eigenvalue weighted by Gasteiger charge is 2.03. The van der Waals surface area contributed by atoms with Crippen LogP contribution in [0.1, 0.15) is 18.1 Å². The van der Waals surface area contributed by atoms with E-state index >= 15 is 0 Å². The zero-order chi connectivity index (χ0) is 17.4. The highest BCUT2D eigenvalue weighted by molar-refractivity contribution is 9.10. The molecular weight excluding hydrogens is 372 g/mol. The molecule has 6 heteroatoms. The third kappa shape index (κ3) is 5.38. The van der Waals surface area contributed by atoms with Crippen LogP contribution in [-0.2, 0) is 11.2 Å². The summed E-state index contributed by atoms with van der Waals surface area (Å²) in [5.41, 5.74) is 4.45. The highest BCUT2D eigenvalue weighted by Crippen LogP contribution is 2.20. The molecule has 0 bridgehead atoms. The van der Waals surface area contributed by atoms with Crippen LogP contribution in [0.2, 0.25) is 0 Å². The number of nitrogens with one attached hydrogen (secondary N) is 1.